The van der Waals surface area contributed by atoms with Gasteiger partial charge in [-0.3, -0.25) is 19.8 Å². The zero-order valence-corrected chi connectivity index (χ0v) is 40.5. The summed E-state index contributed by atoms with van der Waals surface area (Å²) >= 11 is 0. The van der Waals surface area contributed by atoms with Gasteiger partial charge in [-0.25, -0.2) is 23.4 Å². The number of piperidine rings is 1. The van der Waals surface area contributed by atoms with Crippen LogP contribution in [0.2, 0.25) is 0 Å². The summed E-state index contributed by atoms with van der Waals surface area (Å²) in [5.74, 6) is -0.530. The van der Waals surface area contributed by atoms with Crippen molar-refractivity contribution in [1.29, 1.82) is 0 Å². The minimum Gasteiger partial charge on any atom is -0.444 e. The summed E-state index contributed by atoms with van der Waals surface area (Å²) in [7, 11) is 0. The Morgan fingerprint density at radius 2 is 1.41 bits per heavy atom. The Morgan fingerprint density at radius 3 is 2.13 bits per heavy atom. The third-order valence-electron chi connectivity index (χ3n) is 13.9. The number of nitrogens with zero attached hydrogens (tertiary/aromatic N) is 5. The number of nitrogens with one attached hydrogen (secondary N) is 5. The van der Waals surface area contributed by atoms with Gasteiger partial charge in [0.1, 0.15) is 47.5 Å². The minimum atomic E-state index is -0.871. The molecule has 0 bridgehead atoms. The van der Waals surface area contributed by atoms with Crippen LogP contribution in [0, 0.1) is 11.6 Å². The van der Waals surface area contributed by atoms with Crippen LogP contribution in [-0.4, -0.2) is 106 Å². The summed E-state index contributed by atoms with van der Waals surface area (Å²) in [4.78, 5) is 66.9. The predicted octanol–water partition coefficient (Wildman–Crippen LogP) is 8.78. The topological polar surface area (TPSA) is 176 Å². The Morgan fingerprint density at radius 1 is 0.754 bits per heavy atom. The van der Waals surface area contributed by atoms with E-state index in [0.717, 1.165) is 78.3 Å². The van der Waals surface area contributed by atoms with Crippen LogP contribution in [0.1, 0.15) is 134 Å². The number of ether oxygens (including phenoxy) is 2. The molecule has 0 spiro atoms. The first-order valence-corrected chi connectivity index (χ1v) is 24.6. The number of halogens is 2. The molecule has 69 heavy (non-hydrogen) atoms. The first-order valence-electron chi connectivity index (χ1n) is 24.6. The monoisotopic (exact) mass is 953 g/mol. The Bertz CT molecular complexity index is 2570. The van der Waals surface area contributed by atoms with Gasteiger partial charge >= 0.3 is 12.2 Å². The average molecular weight is 953 g/mol. The number of aldehydes is 1. The van der Waals surface area contributed by atoms with E-state index >= 15 is 8.78 Å². The molecule has 9 rings (SSSR count). The first-order chi connectivity index (χ1) is 32.9. The molecule has 5 aliphatic rings. The lowest BCUT2D eigenvalue weighted by molar-refractivity contribution is -0.131. The van der Waals surface area contributed by atoms with Crippen LogP contribution >= 0.6 is 0 Å². The van der Waals surface area contributed by atoms with E-state index in [-0.39, 0.29) is 54.2 Å². The van der Waals surface area contributed by atoms with Gasteiger partial charge in [-0.1, -0.05) is 12.1 Å². The number of benzene rings is 3. The third-order valence-corrected chi connectivity index (χ3v) is 13.9. The number of imidazole rings is 1. The van der Waals surface area contributed by atoms with Gasteiger partial charge in [-0.2, -0.15) is 0 Å². The van der Waals surface area contributed by atoms with Crippen molar-refractivity contribution < 1.29 is 37.4 Å². The SMILES string of the molecule is CC(C)(C)OC(=O)NCC(=O)N1CCC[C@H]1c1nc2ccc(C3CC[C@@H](c4ccc5c(c4)NC([C@@H]4CCCN4C(C=O)NC(=O)OC(C)(C)C)N5)N3c3cc(F)c(N4CCCCC4)cc3F)cc2[nH]1. The molecule has 18 heteroatoms. The highest BCUT2D eigenvalue weighted by Gasteiger charge is 2.42. The van der Waals surface area contributed by atoms with Crippen molar-refractivity contribution >= 4 is 58.2 Å². The standard InChI is InChI=1S/C51H66F2N10O6/c1-50(2,3)68-48(66)54-28-45(65)62-23-11-13-41(62)47-56-35-17-15-31(25-37(35)58-47)39-19-18-38(63(39)43-27-32(52)42(26-33(43)53)60-20-8-7-9-21-60)30-14-16-34-36(24-30)57-46(55-34)40-12-10-22-61(40)44(29-64)59-49(67)69-51(4,5)6/h14-17,24-27,29,38-41,44,46,55,57H,7-13,18-23,28H2,1-6H3,(H,54,66)(H,56,58)(H,59,67)/t38-,39?,40-,41-,44?,46?/m0/s1. The van der Waals surface area contributed by atoms with Gasteiger partial charge in [0.25, 0.3) is 0 Å². The molecule has 0 saturated carbocycles. The number of hydrogen-bond acceptors (Lipinski definition) is 12. The number of rotatable bonds is 11. The van der Waals surface area contributed by atoms with Crippen LogP contribution in [0.5, 0.6) is 0 Å². The molecule has 3 aromatic carbocycles. The first kappa shape index (κ1) is 47.9. The summed E-state index contributed by atoms with van der Waals surface area (Å²) in [5, 5.41) is 12.6. The van der Waals surface area contributed by atoms with E-state index in [0.29, 0.717) is 51.3 Å². The van der Waals surface area contributed by atoms with Crippen molar-refractivity contribution in [2.45, 2.75) is 147 Å². The predicted molar refractivity (Wildman–Crippen MR) is 260 cm³/mol. The van der Waals surface area contributed by atoms with E-state index in [1.165, 1.54) is 12.1 Å². The van der Waals surface area contributed by atoms with Gasteiger partial charge in [0.05, 0.1) is 58.0 Å². The van der Waals surface area contributed by atoms with Crippen LogP contribution in [0.15, 0.2) is 48.5 Å². The highest BCUT2D eigenvalue weighted by molar-refractivity contribution is 5.83. The summed E-state index contributed by atoms with van der Waals surface area (Å²) < 4.78 is 44.0. The molecule has 4 aromatic rings. The maximum atomic E-state index is 16.9. The molecule has 370 valence electrons. The number of aromatic nitrogens is 2. The lowest BCUT2D eigenvalue weighted by atomic mass is 10.0. The molecular formula is C51H66F2N10O6. The van der Waals surface area contributed by atoms with Gasteiger partial charge in [-0.15, -0.1) is 0 Å². The Labute approximate surface area is 402 Å². The lowest BCUT2D eigenvalue weighted by Gasteiger charge is -2.35. The molecule has 6 heterocycles. The van der Waals surface area contributed by atoms with Crippen LogP contribution in [-0.2, 0) is 19.1 Å². The van der Waals surface area contributed by atoms with Crippen molar-refractivity contribution in [3.63, 3.8) is 0 Å². The molecule has 0 radical (unpaired) electrons. The van der Waals surface area contributed by atoms with Crippen molar-refractivity contribution in [3.8, 4) is 0 Å². The fourth-order valence-electron chi connectivity index (χ4n) is 10.9. The highest BCUT2D eigenvalue weighted by Crippen LogP contribution is 2.50. The number of hydrogen-bond donors (Lipinski definition) is 5. The molecule has 4 fully saturated rings. The zero-order valence-electron chi connectivity index (χ0n) is 40.5. The largest absolute Gasteiger partial charge is 0.444 e. The second-order valence-corrected chi connectivity index (χ2v) is 21.1. The van der Waals surface area contributed by atoms with Crippen LogP contribution in [0.4, 0.5) is 41.1 Å². The summed E-state index contributed by atoms with van der Waals surface area (Å²) in [6, 6.07) is 13.7. The van der Waals surface area contributed by atoms with Gasteiger partial charge in [0.15, 0.2) is 6.29 Å². The number of amides is 3. The van der Waals surface area contributed by atoms with Crippen LogP contribution < -0.4 is 31.1 Å². The molecule has 6 atom stereocenters. The van der Waals surface area contributed by atoms with E-state index in [2.05, 4.69) is 32.3 Å². The Hall–Kier alpha value is -6.17. The van der Waals surface area contributed by atoms with Gasteiger partial charge < -0.3 is 45.1 Å². The van der Waals surface area contributed by atoms with E-state index in [1.807, 2.05) is 45.0 Å². The average Bonchev–Trinajstić information content (AvgIpc) is 4.16. The number of H-pyrrole nitrogens is 1. The normalized spacial score (nSPS) is 23.4. The summed E-state index contributed by atoms with van der Waals surface area (Å²) in [6.45, 7) is 12.9. The van der Waals surface area contributed by atoms with E-state index in [1.54, 1.807) is 46.4 Å². The van der Waals surface area contributed by atoms with Gasteiger partial charge in [-0.05, 0) is 135 Å². The Balaban J connectivity index is 0.978. The number of alkyl carbamates (subject to hydrolysis) is 2. The van der Waals surface area contributed by atoms with Gasteiger partial charge in [0, 0.05) is 38.3 Å². The number of carbonyl (C=O) groups excluding carboxylic acids is 4. The number of fused-ring (bicyclic) bond motifs is 2. The van der Waals surface area contributed by atoms with Crippen molar-refractivity contribution in [3.05, 3.63) is 77.1 Å². The van der Waals surface area contributed by atoms with E-state index in [4.69, 9.17) is 14.5 Å². The molecule has 0 aliphatic carbocycles. The van der Waals surface area contributed by atoms with E-state index in [9.17, 15) is 19.2 Å². The number of carbonyl (C=O) groups is 4. The van der Waals surface area contributed by atoms with Crippen LogP contribution in [0.25, 0.3) is 11.0 Å². The molecule has 5 aliphatic heterocycles. The second kappa shape index (κ2) is 19.3. The van der Waals surface area contributed by atoms with Crippen LogP contribution in [0.3, 0.4) is 0 Å². The molecule has 4 saturated heterocycles. The fraction of sp³-hybridized carbons (Fsp3) is 0.549. The maximum absolute atomic E-state index is 16.9. The smallest absolute Gasteiger partial charge is 0.409 e. The molecule has 5 N–H and O–H groups in total. The fourth-order valence-corrected chi connectivity index (χ4v) is 10.9. The van der Waals surface area contributed by atoms with Gasteiger partial charge in [0.2, 0.25) is 5.91 Å². The zero-order chi connectivity index (χ0) is 48.8. The molecule has 16 nitrogen and oxygen atoms in total. The van der Waals surface area contributed by atoms with E-state index < -0.39 is 41.2 Å². The number of likely N-dealkylation sites (tertiary alicyclic amines) is 2. The molecular weight excluding hydrogens is 887 g/mol. The summed E-state index contributed by atoms with van der Waals surface area (Å²) in [6.07, 6.45) is 5.63. The minimum absolute atomic E-state index is 0.134. The van der Waals surface area contributed by atoms with Crippen molar-refractivity contribution in [1.82, 2.24) is 30.4 Å². The summed E-state index contributed by atoms with van der Waals surface area (Å²) in [5.41, 5.74) is 4.13. The number of aromatic amines is 1. The number of anilines is 4. The Kier molecular flexibility index (Phi) is 13.4. The maximum Gasteiger partial charge on any atom is 0.409 e. The van der Waals surface area contributed by atoms with Crippen molar-refractivity contribution in [2.75, 3.05) is 53.2 Å². The quantitative estimate of drug-likeness (QED) is 0.0906. The molecule has 1 aromatic heterocycles. The second-order valence-electron chi connectivity index (χ2n) is 21.1. The molecule has 3 unspecified atom stereocenters. The highest BCUT2D eigenvalue weighted by atomic mass is 19.1. The van der Waals surface area contributed by atoms with Crippen molar-refractivity contribution in [2.24, 2.45) is 0 Å². The lowest BCUT2D eigenvalue weighted by Crippen LogP contribution is -2.56. The third kappa shape index (κ3) is 10.4. The molecule has 3 amide bonds.